The summed E-state index contributed by atoms with van der Waals surface area (Å²) in [6.45, 7) is 2.07. The standard InChI is InChI=1S/C23H26N2O3/c1-16(17-11-13-19(14-12-17)18-7-3-2-4-8-18)24-25-23(26)22-15-27-20-9-5-6-10-21(20)28-22/h5-6,9-14,18,22H,2-4,7-8,15H2,1H3,(H,25,26)/b24-16+. The molecule has 2 aromatic rings. The molecule has 1 amide bonds. The molecule has 1 fully saturated rings. The first-order valence-electron chi connectivity index (χ1n) is 10.0. The van der Waals surface area contributed by atoms with Crippen LogP contribution >= 0.6 is 0 Å². The monoisotopic (exact) mass is 378 g/mol. The topological polar surface area (TPSA) is 59.9 Å². The molecule has 146 valence electrons. The molecular weight excluding hydrogens is 352 g/mol. The lowest BCUT2D eigenvalue weighted by atomic mass is 9.84. The van der Waals surface area contributed by atoms with Gasteiger partial charge in [0.05, 0.1) is 5.71 Å². The van der Waals surface area contributed by atoms with Gasteiger partial charge in [0.15, 0.2) is 11.5 Å². The van der Waals surface area contributed by atoms with Crippen molar-refractivity contribution >= 4 is 11.6 Å². The first kappa shape index (κ1) is 18.5. The highest BCUT2D eigenvalue weighted by Crippen LogP contribution is 2.33. The molecule has 1 saturated carbocycles. The van der Waals surface area contributed by atoms with Gasteiger partial charge in [0.25, 0.3) is 5.91 Å². The molecular formula is C23H26N2O3. The third kappa shape index (κ3) is 4.19. The van der Waals surface area contributed by atoms with E-state index < -0.39 is 6.10 Å². The summed E-state index contributed by atoms with van der Waals surface area (Å²) in [5, 5.41) is 4.25. The van der Waals surface area contributed by atoms with E-state index in [-0.39, 0.29) is 12.5 Å². The summed E-state index contributed by atoms with van der Waals surface area (Å²) in [5.41, 5.74) is 5.78. The SMILES string of the molecule is C/C(=N\NC(=O)C1COc2ccccc2O1)c1ccc(C2CCCCC2)cc1. The van der Waals surface area contributed by atoms with Gasteiger partial charge < -0.3 is 9.47 Å². The highest BCUT2D eigenvalue weighted by atomic mass is 16.6. The normalized spacial score (nSPS) is 19.9. The summed E-state index contributed by atoms with van der Waals surface area (Å²) in [6, 6.07) is 15.9. The van der Waals surface area contributed by atoms with Crippen LogP contribution in [0, 0.1) is 0 Å². The Labute approximate surface area is 165 Å². The third-order valence-electron chi connectivity index (χ3n) is 5.54. The number of nitrogens with one attached hydrogen (secondary N) is 1. The molecule has 28 heavy (non-hydrogen) atoms. The molecule has 0 radical (unpaired) electrons. The lowest BCUT2D eigenvalue weighted by Crippen LogP contribution is -2.42. The first-order chi connectivity index (χ1) is 13.7. The molecule has 1 atom stereocenters. The number of carbonyl (C=O) groups is 1. The molecule has 2 aromatic carbocycles. The van der Waals surface area contributed by atoms with E-state index in [9.17, 15) is 4.79 Å². The van der Waals surface area contributed by atoms with Crippen LogP contribution in [0.1, 0.15) is 56.1 Å². The fourth-order valence-electron chi connectivity index (χ4n) is 3.86. The van der Waals surface area contributed by atoms with Gasteiger partial charge in [-0.25, -0.2) is 5.43 Å². The summed E-state index contributed by atoms with van der Waals surface area (Å²) in [4.78, 5) is 12.4. The van der Waals surface area contributed by atoms with Crippen LogP contribution in [-0.4, -0.2) is 24.3 Å². The molecule has 5 nitrogen and oxygen atoms in total. The number of para-hydroxylation sites is 2. The molecule has 5 heteroatoms. The number of ether oxygens (including phenoxy) is 2. The minimum absolute atomic E-state index is 0.174. The Morgan fingerprint density at radius 3 is 2.46 bits per heavy atom. The van der Waals surface area contributed by atoms with Crippen molar-refractivity contribution < 1.29 is 14.3 Å². The van der Waals surface area contributed by atoms with Gasteiger partial charge in [-0.2, -0.15) is 5.10 Å². The number of hydrogen-bond acceptors (Lipinski definition) is 4. The van der Waals surface area contributed by atoms with Crippen LogP contribution in [0.5, 0.6) is 11.5 Å². The fourth-order valence-corrected chi connectivity index (χ4v) is 3.86. The van der Waals surface area contributed by atoms with Crippen LogP contribution in [0.4, 0.5) is 0 Å². The lowest BCUT2D eigenvalue weighted by molar-refractivity contribution is -0.130. The van der Waals surface area contributed by atoms with E-state index in [0.717, 1.165) is 11.3 Å². The molecule has 0 bridgehead atoms. The quantitative estimate of drug-likeness (QED) is 0.633. The summed E-state index contributed by atoms with van der Waals surface area (Å²) in [7, 11) is 0. The predicted molar refractivity (Wildman–Crippen MR) is 109 cm³/mol. The second-order valence-corrected chi connectivity index (χ2v) is 7.49. The Morgan fingerprint density at radius 2 is 1.71 bits per heavy atom. The number of hydrazone groups is 1. The molecule has 1 N–H and O–H groups in total. The number of hydrogen-bond donors (Lipinski definition) is 1. The number of fused-ring (bicyclic) bond motifs is 1. The molecule has 1 unspecified atom stereocenters. The average molecular weight is 378 g/mol. The summed E-state index contributed by atoms with van der Waals surface area (Å²) >= 11 is 0. The van der Waals surface area contributed by atoms with Crippen molar-refractivity contribution in [2.45, 2.75) is 51.0 Å². The van der Waals surface area contributed by atoms with E-state index in [1.807, 2.05) is 25.1 Å². The number of nitrogens with zero attached hydrogens (tertiary/aromatic N) is 1. The van der Waals surface area contributed by atoms with Gasteiger partial charge in [0.1, 0.15) is 6.61 Å². The zero-order valence-electron chi connectivity index (χ0n) is 16.2. The Bertz CT molecular complexity index is 854. The Morgan fingerprint density at radius 1 is 1.00 bits per heavy atom. The minimum Gasteiger partial charge on any atom is -0.485 e. The van der Waals surface area contributed by atoms with E-state index in [1.165, 1.54) is 37.7 Å². The van der Waals surface area contributed by atoms with Crippen molar-refractivity contribution in [3.05, 3.63) is 59.7 Å². The Hall–Kier alpha value is -2.82. The summed E-state index contributed by atoms with van der Waals surface area (Å²) < 4.78 is 11.3. The van der Waals surface area contributed by atoms with E-state index in [0.29, 0.717) is 17.4 Å². The zero-order chi connectivity index (χ0) is 19.3. The van der Waals surface area contributed by atoms with Crippen molar-refractivity contribution in [1.82, 2.24) is 5.43 Å². The van der Waals surface area contributed by atoms with Crippen LogP contribution in [0.3, 0.4) is 0 Å². The van der Waals surface area contributed by atoms with E-state index in [1.54, 1.807) is 6.07 Å². The third-order valence-corrected chi connectivity index (χ3v) is 5.54. The van der Waals surface area contributed by atoms with Crippen LogP contribution in [0.25, 0.3) is 0 Å². The molecule has 0 aromatic heterocycles. The van der Waals surface area contributed by atoms with Gasteiger partial charge in [0, 0.05) is 0 Å². The number of benzene rings is 2. The minimum atomic E-state index is -0.708. The smallest absolute Gasteiger partial charge is 0.284 e. The largest absolute Gasteiger partial charge is 0.485 e. The van der Waals surface area contributed by atoms with E-state index in [2.05, 4.69) is 34.8 Å². The highest BCUT2D eigenvalue weighted by molar-refractivity contribution is 5.99. The maximum absolute atomic E-state index is 12.4. The van der Waals surface area contributed by atoms with Crippen LogP contribution in [-0.2, 0) is 4.79 Å². The van der Waals surface area contributed by atoms with Crippen molar-refractivity contribution in [2.24, 2.45) is 5.10 Å². The second-order valence-electron chi connectivity index (χ2n) is 7.49. The number of amides is 1. The maximum atomic E-state index is 12.4. The van der Waals surface area contributed by atoms with Crippen molar-refractivity contribution in [3.8, 4) is 11.5 Å². The second kappa shape index (κ2) is 8.46. The van der Waals surface area contributed by atoms with Gasteiger partial charge in [-0.1, -0.05) is 55.7 Å². The molecule has 1 aliphatic heterocycles. The van der Waals surface area contributed by atoms with Crippen molar-refractivity contribution in [2.75, 3.05) is 6.61 Å². The van der Waals surface area contributed by atoms with Gasteiger partial charge in [-0.3, -0.25) is 4.79 Å². The molecule has 2 aliphatic rings. The fraction of sp³-hybridized carbons (Fsp3) is 0.391. The predicted octanol–water partition coefficient (Wildman–Crippen LogP) is 4.41. The van der Waals surface area contributed by atoms with Crippen LogP contribution < -0.4 is 14.9 Å². The number of carbonyl (C=O) groups excluding carboxylic acids is 1. The zero-order valence-corrected chi connectivity index (χ0v) is 16.2. The van der Waals surface area contributed by atoms with Crippen molar-refractivity contribution in [1.29, 1.82) is 0 Å². The molecule has 1 heterocycles. The lowest BCUT2D eigenvalue weighted by Gasteiger charge is -2.24. The van der Waals surface area contributed by atoms with E-state index in [4.69, 9.17) is 9.47 Å². The molecule has 4 rings (SSSR count). The Balaban J connectivity index is 1.36. The molecule has 0 saturated heterocycles. The van der Waals surface area contributed by atoms with Crippen molar-refractivity contribution in [3.63, 3.8) is 0 Å². The average Bonchev–Trinajstić information content (AvgIpc) is 2.77. The van der Waals surface area contributed by atoms with Gasteiger partial charge in [-0.05, 0) is 48.9 Å². The van der Waals surface area contributed by atoms with Gasteiger partial charge >= 0.3 is 0 Å². The summed E-state index contributed by atoms with van der Waals surface area (Å²) in [5.74, 6) is 1.61. The maximum Gasteiger partial charge on any atom is 0.284 e. The van der Waals surface area contributed by atoms with Gasteiger partial charge in [0.2, 0.25) is 6.10 Å². The first-order valence-corrected chi connectivity index (χ1v) is 10.0. The van der Waals surface area contributed by atoms with Gasteiger partial charge in [-0.15, -0.1) is 0 Å². The number of rotatable bonds is 4. The molecule has 0 spiro atoms. The Kier molecular flexibility index (Phi) is 5.60. The molecule has 1 aliphatic carbocycles. The highest BCUT2D eigenvalue weighted by Gasteiger charge is 2.27. The summed E-state index contributed by atoms with van der Waals surface area (Å²) in [6.07, 6.45) is 5.89. The van der Waals surface area contributed by atoms with Crippen LogP contribution in [0.15, 0.2) is 53.6 Å². The van der Waals surface area contributed by atoms with Crippen LogP contribution in [0.2, 0.25) is 0 Å². The van der Waals surface area contributed by atoms with E-state index >= 15 is 0 Å².